The van der Waals surface area contributed by atoms with Gasteiger partial charge in [-0.15, -0.1) is 10.2 Å². The molecule has 3 aromatic rings. The van der Waals surface area contributed by atoms with Crippen molar-refractivity contribution in [3.05, 3.63) is 43.3 Å². The summed E-state index contributed by atoms with van der Waals surface area (Å²) in [6.45, 7) is 0. The van der Waals surface area contributed by atoms with Crippen molar-refractivity contribution in [3.63, 3.8) is 0 Å². The summed E-state index contributed by atoms with van der Waals surface area (Å²) >= 11 is 18.8. The van der Waals surface area contributed by atoms with Crippen molar-refractivity contribution in [2.75, 3.05) is 11.5 Å². The van der Waals surface area contributed by atoms with Gasteiger partial charge in [-0.3, -0.25) is 0 Å². The number of aromatic nitrogens is 2. The van der Waals surface area contributed by atoms with Crippen LogP contribution in [0, 0.1) is 0 Å². The first-order valence-electron chi connectivity index (χ1n) is 6.20. The minimum atomic E-state index is 0.312. The number of halogens is 4. The van der Waals surface area contributed by atoms with E-state index < -0.39 is 0 Å². The highest BCUT2D eigenvalue weighted by Gasteiger charge is 2.15. The second-order valence-corrected chi connectivity index (χ2v) is 7.14. The van der Waals surface area contributed by atoms with E-state index in [0.29, 0.717) is 53.3 Å². The molecule has 118 valence electrons. The maximum absolute atomic E-state index is 6.07. The predicted molar refractivity (Wildman–Crippen MR) is 99.4 cm³/mol. The lowest BCUT2D eigenvalue weighted by atomic mass is 10.2. The minimum absolute atomic E-state index is 0.312. The van der Waals surface area contributed by atoms with Gasteiger partial charge in [0.15, 0.2) is 0 Å². The molecule has 5 nitrogen and oxygen atoms in total. The van der Waals surface area contributed by atoms with Crippen LogP contribution in [0.2, 0.25) is 10.0 Å². The molecule has 1 aromatic heterocycles. The fourth-order valence-electron chi connectivity index (χ4n) is 1.87. The van der Waals surface area contributed by atoms with Crippen molar-refractivity contribution in [1.29, 1.82) is 0 Å². The lowest BCUT2D eigenvalue weighted by Crippen LogP contribution is -1.89. The number of nitrogen functional groups attached to an aromatic ring is 2. The number of hydrogen-bond donors (Lipinski definition) is 2. The standard InChI is InChI=1S/C14H8Br2Cl2N4O/c15-7-1-5(3-9(17)11(7)19)13-21-22-14(23-13)6-2-8(16)12(20)10(18)4-6/h1-4H,19-20H2. The van der Waals surface area contributed by atoms with Gasteiger partial charge in [0.25, 0.3) is 0 Å². The van der Waals surface area contributed by atoms with Crippen molar-refractivity contribution in [3.8, 4) is 22.9 Å². The van der Waals surface area contributed by atoms with Gasteiger partial charge < -0.3 is 15.9 Å². The average molecular weight is 479 g/mol. The van der Waals surface area contributed by atoms with Crippen LogP contribution >= 0.6 is 55.1 Å². The Bertz CT molecular complexity index is 796. The van der Waals surface area contributed by atoms with Gasteiger partial charge in [0.05, 0.1) is 21.4 Å². The molecule has 3 rings (SSSR count). The normalized spacial score (nSPS) is 11.0. The first kappa shape index (κ1) is 16.6. The van der Waals surface area contributed by atoms with E-state index in [4.69, 9.17) is 39.1 Å². The third kappa shape index (κ3) is 3.19. The summed E-state index contributed by atoms with van der Waals surface area (Å²) in [7, 11) is 0. The second-order valence-electron chi connectivity index (χ2n) is 4.62. The molecule has 0 aliphatic rings. The van der Waals surface area contributed by atoms with Crippen LogP contribution in [0.4, 0.5) is 11.4 Å². The highest BCUT2D eigenvalue weighted by atomic mass is 79.9. The molecule has 0 amide bonds. The van der Waals surface area contributed by atoms with Gasteiger partial charge in [-0.05, 0) is 56.1 Å². The molecule has 0 spiro atoms. The predicted octanol–water partition coefficient (Wildman–Crippen LogP) is 5.40. The molecule has 0 saturated heterocycles. The minimum Gasteiger partial charge on any atom is -0.416 e. The lowest BCUT2D eigenvalue weighted by Gasteiger charge is -2.04. The molecule has 2 aromatic carbocycles. The van der Waals surface area contributed by atoms with Gasteiger partial charge in [0, 0.05) is 20.1 Å². The maximum atomic E-state index is 6.07. The summed E-state index contributed by atoms with van der Waals surface area (Å²) < 4.78 is 6.99. The molecular formula is C14H8Br2Cl2N4O. The lowest BCUT2D eigenvalue weighted by molar-refractivity contribution is 0.584. The summed E-state index contributed by atoms with van der Waals surface area (Å²) in [6.07, 6.45) is 0. The molecule has 23 heavy (non-hydrogen) atoms. The molecule has 0 radical (unpaired) electrons. The summed E-state index contributed by atoms with van der Waals surface area (Å²) in [4.78, 5) is 0. The average Bonchev–Trinajstić information content (AvgIpc) is 2.99. The van der Waals surface area contributed by atoms with Crippen LogP contribution in [0.15, 0.2) is 37.6 Å². The summed E-state index contributed by atoms with van der Waals surface area (Å²) in [5.41, 5.74) is 13.8. The molecule has 1 heterocycles. The molecule has 0 bridgehead atoms. The van der Waals surface area contributed by atoms with Gasteiger partial charge in [-0.25, -0.2) is 0 Å². The molecule has 4 N–H and O–H groups in total. The van der Waals surface area contributed by atoms with Crippen LogP contribution < -0.4 is 11.5 Å². The van der Waals surface area contributed by atoms with Crippen molar-refractivity contribution in [1.82, 2.24) is 10.2 Å². The van der Waals surface area contributed by atoms with Crippen molar-refractivity contribution in [2.24, 2.45) is 0 Å². The van der Waals surface area contributed by atoms with Gasteiger partial charge >= 0.3 is 0 Å². The Balaban J connectivity index is 2.04. The largest absolute Gasteiger partial charge is 0.416 e. The van der Waals surface area contributed by atoms with E-state index in [1.54, 1.807) is 24.3 Å². The number of anilines is 2. The summed E-state index contributed by atoms with van der Waals surface area (Å²) in [6, 6.07) is 6.82. The third-order valence-electron chi connectivity index (χ3n) is 3.08. The number of nitrogens with two attached hydrogens (primary N) is 2. The Morgan fingerprint density at radius 2 is 1.17 bits per heavy atom. The van der Waals surface area contributed by atoms with E-state index in [2.05, 4.69) is 42.1 Å². The molecule has 0 aliphatic carbocycles. The zero-order chi connectivity index (χ0) is 16.7. The van der Waals surface area contributed by atoms with Gasteiger partial charge in [0.1, 0.15) is 0 Å². The Hall–Kier alpha value is -1.28. The van der Waals surface area contributed by atoms with E-state index in [1.165, 1.54) is 0 Å². The van der Waals surface area contributed by atoms with Crippen molar-refractivity contribution < 1.29 is 4.42 Å². The number of nitrogens with zero attached hydrogens (tertiary/aromatic N) is 2. The fourth-order valence-corrected chi connectivity index (χ4v) is 3.46. The van der Waals surface area contributed by atoms with E-state index in [0.717, 1.165) is 0 Å². The highest BCUT2D eigenvalue weighted by molar-refractivity contribution is 9.11. The first-order chi connectivity index (χ1) is 10.9. The molecule has 0 unspecified atom stereocenters. The van der Waals surface area contributed by atoms with Crippen molar-refractivity contribution >= 4 is 66.4 Å². The van der Waals surface area contributed by atoms with Crippen LogP contribution in [0.25, 0.3) is 22.9 Å². The molecule has 0 fully saturated rings. The second kappa shape index (κ2) is 6.32. The smallest absolute Gasteiger partial charge is 0.248 e. The molecular weight excluding hydrogens is 471 g/mol. The van der Waals surface area contributed by atoms with Crippen LogP contribution in [0.5, 0.6) is 0 Å². The van der Waals surface area contributed by atoms with Gasteiger partial charge in [-0.2, -0.15) is 0 Å². The highest BCUT2D eigenvalue weighted by Crippen LogP contribution is 2.36. The zero-order valence-corrected chi connectivity index (χ0v) is 16.0. The number of rotatable bonds is 2. The molecule has 9 heteroatoms. The first-order valence-corrected chi connectivity index (χ1v) is 8.54. The number of benzene rings is 2. The van der Waals surface area contributed by atoms with Crippen LogP contribution in [-0.4, -0.2) is 10.2 Å². The van der Waals surface area contributed by atoms with Crippen molar-refractivity contribution in [2.45, 2.75) is 0 Å². The quantitative estimate of drug-likeness (QED) is 0.481. The SMILES string of the molecule is Nc1c(Cl)cc(-c2nnc(-c3cc(Cl)c(N)c(Br)c3)o2)cc1Br. The molecule has 0 aliphatic heterocycles. The topological polar surface area (TPSA) is 91.0 Å². The Labute approximate surface area is 158 Å². The van der Waals surface area contributed by atoms with Gasteiger partial charge in [-0.1, -0.05) is 23.2 Å². The third-order valence-corrected chi connectivity index (χ3v) is 5.01. The Morgan fingerprint density at radius 3 is 1.52 bits per heavy atom. The van der Waals surface area contributed by atoms with Crippen LogP contribution in [0.1, 0.15) is 0 Å². The van der Waals surface area contributed by atoms with Crippen LogP contribution in [-0.2, 0) is 0 Å². The van der Waals surface area contributed by atoms with Gasteiger partial charge in [0.2, 0.25) is 11.8 Å². The Kier molecular flexibility index (Phi) is 4.55. The molecule has 0 saturated carbocycles. The van der Waals surface area contributed by atoms with E-state index in [9.17, 15) is 0 Å². The van der Waals surface area contributed by atoms with E-state index in [-0.39, 0.29) is 0 Å². The van der Waals surface area contributed by atoms with Crippen LogP contribution in [0.3, 0.4) is 0 Å². The Morgan fingerprint density at radius 1 is 0.783 bits per heavy atom. The zero-order valence-electron chi connectivity index (χ0n) is 11.3. The fraction of sp³-hybridized carbons (Fsp3) is 0. The molecule has 0 atom stereocenters. The van der Waals surface area contributed by atoms with E-state index >= 15 is 0 Å². The monoisotopic (exact) mass is 476 g/mol. The summed E-state index contributed by atoms with van der Waals surface area (Å²) in [5.74, 6) is 0.623. The number of hydrogen-bond acceptors (Lipinski definition) is 5. The van der Waals surface area contributed by atoms with E-state index in [1.807, 2.05) is 0 Å². The maximum Gasteiger partial charge on any atom is 0.248 e. The summed E-state index contributed by atoms with van der Waals surface area (Å²) in [5, 5.41) is 8.85.